The van der Waals surface area contributed by atoms with Crippen molar-refractivity contribution in [2.75, 3.05) is 5.88 Å². The Balaban J connectivity index is 2.07. The monoisotopic (exact) mass is 361 g/mol. The van der Waals surface area contributed by atoms with Gasteiger partial charge in [0, 0.05) is 23.7 Å². The van der Waals surface area contributed by atoms with E-state index in [1.807, 2.05) is 18.2 Å². The van der Waals surface area contributed by atoms with Crippen molar-refractivity contribution in [3.05, 3.63) is 59.4 Å². The molecule has 0 aliphatic rings. The standard InChI is InChI=1S/C18H19ClN2O2S/c1-2-18-20-16-11-14(12-24(22)23)5-8-17(16)21(18)15-6-3-13(4-7-15)9-10-19/h3-8,11H,2,9-10,12H2,1H3,(H,22,23)/p-1. The normalized spacial score (nSPS) is 12.6. The van der Waals surface area contributed by atoms with Gasteiger partial charge in [-0.1, -0.05) is 36.2 Å². The summed E-state index contributed by atoms with van der Waals surface area (Å²) in [6, 6.07) is 13.9. The predicted molar refractivity (Wildman–Crippen MR) is 97.5 cm³/mol. The molecule has 24 heavy (non-hydrogen) atoms. The molecule has 1 unspecified atom stereocenters. The topological polar surface area (TPSA) is 57.9 Å². The van der Waals surface area contributed by atoms with Crippen molar-refractivity contribution in [3.63, 3.8) is 0 Å². The average molecular weight is 362 g/mol. The second kappa shape index (κ2) is 7.47. The highest BCUT2D eigenvalue weighted by atomic mass is 35.5. The van der Waals surface area contributed by atoms with Gasteiger partial charge in [-0.15, -0.1) is 11.6 Å². The van der Waals surface area contributed by atoms with Gasteiger partial charge in [0.1, 0.15) is 5.82 Å². The van der Waals surface area contributed by atoms with E-state index in [0.29, 0.717) is 5.88 Å². The first-order valence-corrected chi connectivity index (χ1v) is 9.61. The summed E-state index contributed by atoms with van der Waals surface area (Å²) >= 11 is 3.70. The molecule has 3 aromatic rings. The number of nitrogens with zero attached hydrogens (tertiary/aromatic N) is 2. The molecule has 4 nitrogen and oxygen atoms in total. The molecule has 6 heteroatoms. The number of halogens is 1. The molecular formula is C18H18ClN2O2S-. The second-order valence-electron chi connectivity index (χ2n) is 5.59. The van der Waals surface area contributed by atoms with E-state index in [1.54, 1.807) is 0 Å². The summed E-state index contributed by atoms with van der Waals surface area (Å²) in [6.45, 7) is 2.06. The molecule has 1 atom stereocenters. The van der Waals surface area contributed by atoms with Gasteiger partial charge in [0.05, 0.1) is 11.0 Å². The van der Waals surface area contributed by atoms with E-state index in [4.69, 9.17) is 11.6 Å². The molecule has 126 valence electrons. The quantitative estimate of drug-likeness (QED) is 0.496. The first kappa shape index (κ1) is 17.1. The molecule has 0 bridgehead atoms. The molecule has 1 aromatic heterocycles. The Morgan fingerprint density at radius 3 is 2.50 bits per heavy atom. The van der Waals surface area contributed by atoms with Crippen molar-refractivity contribution >= 4 is 33.7 Å². The maximum absolute atomic E-state index is 10.9. The third-order valence-corrected chi connectivity index (χ3v) is 4.72. The van der Waals surface area contributed by atoms with Crippen LogP contribution in [0.25, 0.3) is 16.7 Å². The largest absolute Gasteiger partial charge is 0.772 e. The molecule has 0 aliphatic carbocycles. The van der Waals surface area contributed by atoms with Crippen LogP contribution in [0.3, 0.4) is 0 Å². The Labute approximate surface area is 148 Å². The fourth-order valence-corrected chi connectivity index (χ4v) is 3.52. The van der Waals surface area contributed by atoms with Crippen LogP contribution in [-0.2, 0) is 29.7 Å². The zero-order chi connectivity index (χ0) is 17.1. The van der Waals surface area contributed by atoms with Crippen molar-refractivity contribution in [1.29, 1.82) is 0 Å². The highest BCUT2D eigenvalue weighted by molar-refractivity contribution is 7.78. The van der Waals surface area contributed by atoms with Crippen molar-refractivity contribution in [2.24, 2.45) is 0 Å². The van der Waals surface area contributed by atoms with Crippen LogP contribution in [0.5, 0.6) is 0 Å². The molecule has 0 saturated heterocycles. The van der Waals surface area contributed by atoms with Crippen LogP contribution in [0.2, 0.25) is 0 Å². The number of aryl methyl sites for hydroxylation is 2. The van der Waals surface area contributed by atoms with E-state index in [2.05, 4.69) is 40.7 Å². The van der Waals surface area contributed by atoms with E-state index < -0.39 is 11.1 Å². The van der Waals surface area contributed by atoms with E-state index in [0.717, 1.165) is 41.0 Å². The minimum Gasteiger partial charge on any atom is -0.772 e. The van der Waals surface area contributed by atoms with Crippen molar-refractivity contribution in [2.45, 2.75) is 25.5 Å². The fourth-order valence-electron chi connectivity index (χ4n) is 2.85. The zero-order valence-corrected chi connectivity index (χ0v) is 14.9. The number of aromatic nitrogens is 2. The van der Waals surface area contributed by atoms with Crippen LogP contribution in [-0.4, -0.2) is 24.2 Å². The Morgan fingerprint density at radius 1 is 1.17 bits per heavy atom. The van der Waals surface area contributed by atoms with Crippen LogP contribution in [0.15, 0.2) is 42.5 Å². The number of benzene rings is 2. The van der Waals surface area contributed by atoms with Crippen molar-refractivity contribution in [1.82, 2.24) is 9.55 Å². The third kappa shape index (κ3) is 3.53. The maximum atomic E-state index is 10.9. The molecule has 0 aliphatic heterocycles. The van der Waals surface area contributed by atoms with E-state index in [9.17, 15) is 8.76 Å². The first-order chi connectivity index (χ1) is 11.6. The molecule has 0 N–H and O–H groups in total. The highest BCUT2D eigenvalue weighted by Gasteiger charge is 2.12. The minimum atomic E-state index is -2.10. The van der Waals surface area contributed by atoms with Crippen LogP contribution < -0.4 is 0 Å². The van der Waals surface area contributed by atoms with Crippen molar-refractivity contribution < 1.29 is 8.76 Å². The predicted octanol–water partition coefficient (Wildman–Crippen LogP) is 3.75. The molecule has 0 fully saturated rings. The van der Waals surface area contributed by atoms with Gasteiger partial charge in [0.25, 0.3) is 0 Å². The smallest absolute Gasteiger partial charge is 0.114 e. The lowest BCUT2D eigenvalue weighted by atomic mass is 10.1. The second-order valence-corrected chi connectivity index (χ2v) is 6.87. The molecule has 0 spiro atoms. The number of imidazole rings is 1. The summed E-state index contributed by atoms with van der Waals surface area (Å²) in [5, 5.41) is 0. The highest BCUT2D eigenvalue weighted by Crippen LogP contribution is 2.24. The summed E-state index contributed by atoms with van der Waals surface area (Å²) in [5.41, 5.74) is 4.81. The van der Waals surface area contributed by atoms with Crippen LogP contribution >= 0.6 is 11.6 Å². The summed E-state index contributed by atoms with van der Waals surface area (Å²) in [4.78, 5) is 4.68. The molecule has 3 rings (SSSR count). The van der Waals surface area contributed by atoms with Gasteiger partial charge in [0.2, 0.25) is 0 Å². The maximum Gasteiger partial charge on any atom is 0.114 e. The molecule has 1 heterocycles. The van der Waals surface area contributed by atoms with Crippen LogP contribution in [0.1, 0.15) is 23.9 Å². The van der Waals surface area contributed by atoms with Crippen LogP contribution in [0, 0.1) is 0 Å². The average Bonchev–Trinajstić information content (AvgIpc) is 2.93. The fraction of sp³-hybridized carbons (Fsp3) is 0.278. The third-order valence-electron chi connectivity index (χ3n) is 3.97. The van der Waals surface area contributed by atoms with Gasteiger partial charge in [-0.3, -0.25) is 8.78 Å². The lowest BCUT2D eigenvalue weighted by Crippen LogP contribution is -2.00. The Bertz CT molecular complexity index is 875. The Kier molecular flexibility index (Phi) is 5.33. The van der Waals surface area contributed by atoms with Gasteiger partial charge in [0.15, 0.2) is 0 Å². The lowest BCUT2D eigenvalue weighted by molar-refractivity contribution is 0.536. The SMILES string of the molecule is CCc1nc2cc(CS(=O)[O-])ccc2n1-c1ccc(CCCl)cc1. The lowest BCUT2D eigenvalue weighted by Gasteiger charge is -2.10. The summed E-state index contributed by atoms with van der Waals surface area (Å²) in [6.07, 6.45) is 1.64. The molecule has 0 radical (unpaired) electrons. The summed E-state index contributed by atoms with van der Waals surface area (Å²) in [7, 11) is 0. The summed E-state index contributed by atoms with van der Waals surface area (Å²) < 4.78 is 23.9. The van der Waals surface area contributed by atoms with E-state index in [1.165, 1.54) is 5.56 Å². The van der Waals surface area contributed by atoms with Crippen molar-refractivity contribution in [3.8, 4) is 5.69 Å². The number of rotatable bonds is 6. The van der Waals surface area contributed by atoms with Gasteiger partial charge in [-0.05, 0) is 41.8 Å². The Morgan fingerprint density at radius 2 is 1.88 bits per heavy atom. The molecule has 0 saturated carbocycles. The van der Waals surface area contributed by atoms with Gasteiger partial charge in [-0.2, -0.15) is 0 Å². The van der Waals surface area contributed by atoms with Gasteiger partial charge >= 0.3 is 0 Å². The number of fused-ring (bicyclic) bond motifs is 1. The van der Waals surface area contributed by atoms with Crippen LogP contribution in [0.4, 0.5) is 0 Å². The van der Waals surface area contributed by atoms with E-state index >= 15 is 0 Å². The summed E-state index contributed by atoms with van der Waals surface area (Å²) in [5.74, 6) is 1.57. The Hall–Kier alpha value is -1.69. The minimum absolute atomic E-state index is 0.0113. The molecule has 0 amide bonds. The zero-order valence-electron chi connectivity index (χ0n) is 13.4. The van der Waals surface area contributed by atoms with Gasteiger partial charge in [-0.25, -0.2) is 4.98 Å². The van der Waals surface area contributed by atoms with E-state index in [-0.39, 0.29) is 5.75 Å². The first-order valence-electron chi connectivity index (χ1n) is 7.83. The number of hydrogen-bond acceptors (Lipinski definition) is 3. The molecular weight excluding hydrogens is 344 g/mol. The molecule has 2 aromatic carbocycles. The number of alkyl halides is 1. The number of hydrogen-bond donors (Lipinski definition) is 0. The van der Waals surface area contributed by atoms with Gasteiger partial charge < -0.3 is 4.55 Å².